The number of H-pyrrole nitrogens is 1. The maximum absolute atomic E-state index is 15.1. The van der Waals surface area contributed by atoms with E-state index in [2.05, 4.69) is 4.98 Å². The zero-order valence-electron chi connectivity index (χ0n) is 14.5. The minimum Gasteiger partial charge on any atom is -0.365 e. The number of primary amides is 1. The molecule has 1 aliphatic rings. The number of carbonyl (C=O) groups excluding carboxylic acids is 1. The number of benzene rings is 2. The van der Waals surface area contributed by atoms with Crippen LogP contribution in [0.2, 0.25) is 0 Å². The zero-order valence-corrected chi connectivity index (χ0v) is 15.4. The van der Waals surface area contributed by atoms with Crippen LogP contribution >= 0.6 is 0 Å². The lowest BCUT2D eigenvalue weighted by Crippen LogP contribution is -2.22. The van der Waals surface area contributed by atoms with Crippen molar-refractivity contribution in [3.63, 3.8) is 0 Å². The summed E-state index contributed by atoms with van der Waals surface area (Å²) in [6.07, 6.45) is 2.77. The number of amides is 1. The standard InChI is InChI=1S/C20H19FN2O3S/c21-18-14(12-4-2-1-3-5-12)10-15-16(11-23-19(15)17(18)20(22)24)13-6-8-27(25,26)9-7-13/h1-5,10-11,13,23H,6-9H2,(H2,22,24). The number of hydrogen-bond acceptors (Lipinski definition) is 3. The highest BCUT2D eigenvalue weighted by atomic mass is 32.2. The van der Waals surface area contributed by atoms with Crippen molar-refractivity contribution in [2.45, 2.75) is 18.8 Å². The van der Waals surface area contributed by atoms with Crippen LogP contribution in [0, 0.1) is 5.82 Å². The fraction of sp³-hybridized carbons (Fsp3) is 0.250. The molecule has 0 radical (unpaired) electrons. The molecule has 27 heavy (non-hydrogen) atoms. The summed E-state index contributed by atoms with van der Waals surface area (Å²) >= 11 is 0. The SMILES string of the molecule is NC(=O)c1c(F)c(-c2ccccc2)cc2c(C3CCS(=O)(=O)CC3)c[nH]c12. The molecule has 3 aromatic rings. The highest BCUT2D eigenvalue weighted by Gasteiger charge is 2.28. The number of nitrogens with one attached hydrogen (secondary N) is 1. The van der Waals surface area contributed by atoms with Gasteiger partial charge in [0.2, 0.25) is 0 Å². The Morgan fingerprint density at radius 1 is 1.15 bits per heavy atom. The lowest BCUT2D eigenvalue weighted by molar-refractivity contribution is 0.0998. The lowest BCUT2D eigenvalue weighted by atomic mass is 9.90. The highest BCUT2D eigenvalue weighted by molar-refractivity contribution is 7.91. The molecule has 1 saturated heterocycles. The van der Waals surface area contributed by atoms with Crippen LogP contribution in [-0.2, 0) is 9.84 Å². The topological polar surface area (TPSA) is 93.0 Å². The molecule has 5 nitrogen and oxygen atoms in total. The van der Waals surface area contributed by atoms with Crippen LogP contribution in [0.4, 0.5) is 4.39 Å². The number of halogens is 1. The van der Waals surface area contributed by atoms with Gasteiger partial charge in [0.15, 0.2) is 0 Å². The van der Waals surface area contributed by atoms with Crippen LogP contribution < -0.4 is 5.73 Å². The first-order chi connectivity index (χ1) is 12.9. The van der Waals surface area contributed by atoms with Gasteiger partial charge in [-0.1, -0.05) is 30.3 Å². The van der Waals surface area contributed by atoms with Crippen molar-refractivity contribution in [3.05, 3.63) is 59.5 Å². The quantitative estimate of drug-likeness (QED) is 0.723. The Hall–Kier alpha value is -2.67. The predicted molar refractivity (Wildman–Crippen MR) is 103 cm³/mol. The van der Waals surface area contributed by atoms with E-state index in [-0.39, 0.29) is 23.0 Å². The van der Waals surface area contributed by atoms with Gasteiger partial charge in [0.25, 0.3) is 5.91 Å². The number of aromatic nitrogens is 1. The third kappa shape index (κ3) is 3.12. The smallest absolute Gasteiger partial charge is 0.253 e. The fourth-order valence-electron chi connectivity index (χ4n) is 3.86. The number of fused-ring (bicyclic) bond motifs is 1. The molecular formula is C20H19FN2O3S. The lowest BCUT2D eigenvalue weighted by Gasteiger charge is -2.21. The molecule has 0 atom stereocenters. The number of nitrogens with two attached hydrogens (primary N) is 1. The molecule has 2 heterocycles. The first-order valence-electron chi connectivity index (χ1n) is 8.76. The van der Waals surface area contributed by atoms with Gasteiger partial charge >= 0.3 is 0 Å². The summed E-state index contributed by atoms with van der Waals surface area (Å²) in [4.78, 5) is 15.0. The molecule has 4 rings (SSSR count). The van der Waals surface area contributed by atoms with Gasteiger partial charge in [-0.3, -0.25) is 4.79 Å². The van der Waals surface area contributed by atoms with Gasteiger partial charge in [0, 0.05) is 17.1 Å². The molecule has 1 fully saturated rings. The van der Waals surface area contributed by atoms with E-state index in [1.807, 2.05) is 6.07 Å². The van der Waals surface area contributed by atoms with E-state index in [4.69, 9.17) is 5.73 Å². The average Bonchev–Trinajstić information content (AvgIpc) is 3.05. The molecule has 140 valence electrons. The maximum atomic E-state index is 15.1. The molecule has 0 aliphatic carbocycles. The van der Waals surface area contributed by atoms with Crippen molar-refractivity contribution in [1.29, 1.82) is 0 Å². The molecule has 0 saturated carbocycles. The normalized spacial score (nSPS) is 17.2. The third-order valence-corrected chi connectivity index (χ3v) is 6.99. The Morgan fingerprint density at radius 3 is 2.44 bits per heavy atom. The molecule has 0 bridgehead atoms. The van der Waals surface area contributed by atoms with Crippen LogP contribution in [0.5, 0.6) is 0 Å². The van der Waals surface area contributed by atoms with Crippen LogP contribution in [0.15, 0.2) is 42.6 Å². The van der Waals surface area contributed by atoms with Gasteiger partial charge in [-0.25, -0.2) is 12.8 Å². The van der Waals surface area contributed by atoms with Crippen LogP contribution in [-0.4, -0.2) is 30.8 Å². The van der Waals surface area contributed by atoms with Gasteiger partial charge in [0.1, 0.15) is 15.7 Å². The Kier molecular flexibility index (Phi) is 4.26. The summed E-state index contributed by atoms with van der Waals surface area (Å²) in [7, 11) is -2.98. The van der Waals surface area contributed by atoms with Crippen molar-refractivity contribution in [1.82, 2.24) is 4.98 Å². The predicted octanol–water partition coefficient (Wildman–Crippen LogP) is 3.37. The Labute approximate surface area is 156 Å². The second-order valence-corrected chi connectivity index (χ2v) is 9.24. The zero-order chi connectivity index (χ0) is 19.2. The molecule has 1 aromatic heterocycles. The molecule has 1 amide bonds. The second-order valence-electron chi connectivity index (χ2n) is 6.94. The van der Waals surface area contributed by atoms with E-state index in [0.29, 0.717) is 34.9 Å². The fourth-order valence-corrected chi connectivity index (χ4v) is 5.35. The highest BCUT2D eigenvalue weighted by Crippen LogP contribution is 2.38. The number of sulfone groups is 1. The largest absolute Gasteiger partial charge is 0.365 e. The Balaban J connectivity index is 1.91. The van der Waals surface area contributed by atoms with E-state index < -0.39 is 21.6 Å². The monoisotopic (exact) mass is 386 g/mol. The van der Waals surface area contributed by atoms with E-state index in [0.717, 1.165) is 5.56 Å². The maximum Gasteiger partial charge on any atom is 0.253 e. The Morgan fingerprint density at radius 2 is 1.81 bits per heavy atom. The second kappa shape index (κ2) is 6.49. The van der Waals surface area contributed by atoms with E-state index in [9.17, 15) is 13.2 Å². The van der Waals surface area contributed by atoms with Crippen molar-refractivity contribution in [2.75, 3.05) is 11.5 Å². The number of carbonyl (C=O) groups is 1. The summed E-state index contributed by atoms with van der Waals surface area (Å²) in [5, 5.41) is 0.716. The van der Waals surface area contributed by atoms with Crippen molar-refractivity contribution >= 4 is 26.6 Å². The molecule has 7 heteroatoms. The third-order valence-electron chi connectivity index (χ3n) is 5.27. The van der Waals surface area contributed by atoms with Gasteiger partial charge < -0.3 is 10.7 Å². The summed E-state index contributed by atoms with van der Waals surface area (Å²) in [6, 6.07) is 10.7. The van der Waals surface area contributed by atoms with Crippen LogP contribution in [0.25, 0.3) is 22.0 Å². The van der Waals surface area contributed by atoms with Gasteiger partial charge in [-0.2, -0.15) is 0 Å². The van der Waals surface area contributed by atoms with Crippen LogP contribution in [0.1, 0.15) is 34.7 Å². The van der Waals surface area contributed by atoms with Gasteiger partial charge in [0.05, 0.1) is 22.6 Å². The minimum atomic E-state index is -2.98. The van der Waals surface area contributed by atoms with Gasteiger partial charge in [-0.15, -0.1) is 0 Å². The first-order valence-corrected chi connectivity index (χ1v) is 10.6. The summed E-state index contributed by atoms with van der Waals surface area (Å²) in [5.41, 5.74) is 7.53. The number of aromatic amines is 1. The van der Waals surface area contributed by atoms with Crippen LogP contribution in [0.3, 0.4) is 0 Å². The molecule has 3 N–H and O–H groups in total. The molecule has 0 spiro atoms. The minimum absolute atomic E-state index is 0.0390. The van der Waals surface area contributed by atoms with E-state index >= 15 is 4.39 Å². The van der Waals surface area contributed by atoms with E-state index in [1.54, 1.807) is 36.5 Å². The average molecular weight is 386 g/mol. The number of rotatable bonds is 3. The van der Waals surface area contributed by atoms with E-state index in [1.165, 1.54) is 0 Å². The molecule has 1 aliphatic heterocycles. The number of hydrogen-bond donors (Lipinski definition) is 2. The summed E-state index contributed by atoms with van der Waals surface area (Å²) in [5.74, 6) is -1.17. The molecular weight excluding hydrogens is 367 g/mol. The molecule has 0 unspecified atom stereocenters. The van der Waals surface area contributed by atoms with Gasteiger partial charge in [-0.05, 0) is 36.0 Å². The first kappa shape index (κ1) is 17.7. The van der Waals surface area contributed by atoms with Crippen molar-refractivity contribution in [2.24, 2.45) is 5.73 Å². The molecule has 2 aromatic carbocycles. The summed E-state index contributed by atoms with van der Waals surface area (Å²) < 4.78 is 38.6. The van der Waals surface area contributed by atoms with Crippen molar-refractivity contribution in [3.8, 4) is 11.1 Å². The Bertz CT molecular complexity index is 1120. The summed E-state index contributed by atoms with van der Waals surface area (Å²) in [6.45, 7) is 0. The van der Waals surface area contributed by atoms with Crippen molar-refractivity contribution < 1.29 is 17.6 Å².